The van der Waals surface area contributed by atoms with Crippen LogP contribution in [0.25, 0.3) is 72.6 Å². The van der Waals surface area contributed by atoms with E-state index in [2.05, 4.69) is 115 Å². The molecule has 64 heavy (non-hydrogen) atoms. The molecule has 0 aliphatic rings. The fourth-order valence-corrected chi connectivity index (χ4v) is 7.95. The molecular formula is C56H54F2IrN4O-2. The van der Waals surface area contributed by atoms with Crippen molar-refractivity contribution in [3.8, 4) is 39.5 Å². The summed E-state index contributed by atoms with van der Waals surface area (Å²) in [7, 11) is 0. The molecule has 0 saturated heterocycles. The summed E-state index contributed by atoms with van der Waals surface area (Å²) in [4.78, 5) is 14.6. The summed E-state index contributed by atoms with van der Waals surface area (Å²) in [6.07, 6.45) is 3.69. The molecule has 0 spiro atoms. The second-order valence-electron chi connectivity index (χ2n) is 18.9. The molecule has 0 atom stereocenters. The molecule has 4 heterocycles. The van der Waals surface area contributed by atoms with Crippen molar-refractivity contribution >= 4 is 33.1 Å². The first-order valence-corrected chi connectivity index (χ1v) is 21.4. The van der Waals surface area contributed by atoms with E-state index in [4.69, 9.17) is 18.5 Å². The summed E-state index contributed by atoms with van der Waals surface area (Å²) in [5.41, 5.74) is 11.3. The molecular weight excluding hydrogens is 975 g/mol. The fraction of sp³-hybridized carbons (Fsp3) is 0.268. The van der Waals surface area contributed by atoms with Gasteiger partial charge in [0.05, 0.1) is 16.9 Å². The molecule has 0 unspecified atom stereocenters. The van der Waals surface area contributed by atoms with Gasteiger partial charge in [-0.25, -0.2) is 9.37 Å². The first-order valence-electron chi connectivity index (χ1n) is 22.9. The van der Waals surface area contributed by atoms with Crippen molar-refractivity contribution in [1.82, 2.24) is 19.5 Å². The standard InChI is InChI=1S/C40H37FN3O.C16H17FN.Ir/c1-23(2)27-13-10-14-28(24(3)4)36(27)44-38(43-34-21-26(40(5,6)7)22-42-39(34)44)32-16-11-15-31-30-19-18-25(20-35(30)45-37(31)32)29-12-8-9-17-33(29)41;1-11-5-7-13(14(17)9-11)15-8-6-12(10-18-15)16(2,3)4;/h8-15,17-24H,1-7H3;5-6,8-10H,1-4H3;/q2*-1;/i;1D3;. The van der Waals surface area contributed by atoms with E-state index < -0.39 is 12.7 Å². The minimum absolute atomic E-state index is 0. The third kappa shape index (κ3) is 8.96. The van der Waals surface area contributed by atoms with Crippen molar-refractivity contribution in [3.63, 3.8) is 0 Å². The Balaban J connectivity index is 0.000000255. The van der Waals surface area contributed by atoms with Gasteiger partial charge in [-0.3, -0.25) is 9.37 Å². The Morgan fingerprint density at radius 2 is 1.41 bits per heavy atom. The second-order valence-corrected chi connectivity index (χ2v) is 18.9. The van der Waals surface area contributed by atoms with Gasteiger partial charge in [-0.05, 0) is 74.4 Å². The number of para-hydroxylation sites is 1. The minimum Gasteiger partial charge on any atom is -0.501 e. The number of imidazole rings is 1. The Bertz CT molecular complexity index is 3220. The second kappa shape index (κ2) is 18.0. The topological polar surface area (TPSA) is 56.7 Å². The molecule has 8 heteroatoms. The van der Waals surface area contributed by atoms with Crippen LogP contribution in [-0.4, -0.2) is 19.5 Å². The molecule has 4 aromatic heterocycles. The van der Waals surface area contributed by atoms with Crippen LogP contribution in [0.2, 0.25) is 0 Å². The number of aryl methyl sites for hydroxylation is 1. The maximum Gasteiger partial charge on any atom is 0.155 e. The maximum atomic E-state index is 14.7. The van der Waals surface area contributed by atoms with Gasteiger partial charge < -0.3 is 14.0 Å². The molecule has 0 aliphatic heterocycles. The zero-order valence-corrected chi connectivity index (χ0v) is 40.3. The van der Waals surface area contributed by atoms with Gasteiger partial charge in [0, 0.05) is 59.1 Å². The number of halogens is 2. The van der Waals surface area contributed by atoms with Crippen molar-refractivity contribution in [1.29, 1.82) is 0 Å². The smallest absolute Gasteiger partial charge is 0.155 e. The maximum absolute atomic E-state index is 14.7. The van der Waals surface area contributed by atoms with Crippen molar-refractivity contribution in [2.45, 2.75) is 98.8 Å². The number of furan rings is 1. The van der Waals surface area contributed by atoms with Gasteiger partial charge in [0.15, 0.2) is 5.65 Å². The predicted molar refractivity (Wildman–Crippen MR) is 255 cm³/mol. The summed E-state index contributed by atoms with van der Waals surface area (Å²) in [5, 5.41) is 1.92. The summed E-state index contributed by atoms with van der Waals surface area (Å²) in [5.74, 6) is 0.404. The van der Waals surface area contributed by atoms with Crippen LogP contribution in [0.4, 0.5) is 8.78 Å². The van der Waals surface area contributed by atoms with Crippen LogP contribution in [0, 0.1) is 30.6 Å². The number of nitrogens with zero attached hydrogens (tertiary/aromatic N) is 4. The van der Waals surface area contributed by atoms with Crippen molar-refractivity contribution in [2.75, 3.05) is 0 Å². The van der Waals surface area contributed by atoms with Crippen LogP contribution >= 0.6 is 0 Å². The summed E-state index contributed by atoms with van der Waals surface area (Å²) in [6, 6.07) is 37.5. The monoisotopic (exact) mass is 1030 g/mol. The van der Waals surface area contributed by atoms with Crippen LogP contribution in [0.3, 0.4) is 0 Å². The van der Waals surface area contributed by atoms with Gasteiger partial charge in [0.25, 0.3) is 0 Å². The predicted octanol–water partition coefficient (Wildman–Crippen LogP) is 15.4. The molecule has 0 amide bonds. The Hall–Kier alpha value is -5.82. The molecule has 0 fully saturated rings. The molecule has 0 saturated carbocycles. The molecule has 0 bridgehead atoms. The van der Waals surface area contributed by atoms with E-state index in [1.807, 2.05) is 48.7 Å². The largest absolute Gasteiger partial charge is 0.501 e. The first-order chi connectivity index (χ1) is 31.1. The zero-order chi connectivity index (χ0) is 47.5. The Kier molecular flexibility index (Phi) is 11.8. The summed E-state index contributed by atoms with van der Waals surface area (Å²) in [6.45, 7) is 19.4. The number of hydrogen-bond acceptors (Lipinski definition) is 4. The summed E-state index contributed by atoms with van der Waals surface area (Å²) < 4.78 is 59.4. The van der Waals surface area contributed by atoms with E-state index in [-0.39, 0.29) is 59.7 Å². The van der Waals surface area contributed by atoms with Crippen LogP contribution in [0.15, 0.2) is 120 Å². The number of rotatable bonds is 6. The van der Waals surface area contributed by atoms with E-state index in [0.29, 0.717) is 22.4 Å². The number of pyridine rings is 2. The molecule has 329 valence electrons. The SMILES string of the molecule is CC(C)c1cccc(C(C)C)c1-n1c(-c2[c-]ccc3c2oc2cc(-c4ccccc4F)ccc23)nc2cc(C(C)(C)C)cnc21.[2H]C([2H])([2H])c1c[c-]c(-c2ccc(C(C)(C)C)cn2)c(F)c1.[Ir]. The number of hydrogen-bond donors (Lipinski definition) is 0. The molecule has 5 nitrogen and oxygen atoms in total. The number of fused-ring (bicyclic) bond motifs is 4. The van der Waals surface area contributed by atoms with Crippen molar-refractivity contribution in [3.05, 3.63) is 167 Å². The number of benzene rings is 5. The number of aromatic nitrogens is 4. The molecule has 0 N–H and O–H groups in total. The Morgan fingerprint density at radius 3 is 2.03 bits per heavy atom. The van der Waals surface area contributed by atoms with Crippen molar-refractivity contribution < 1.29 is 37.4 Å². The molecule has 0 aliphatic carbocycles. The molecule has 5 aromatic carbocycles. The van der Waals surface area contributed by atoms with Gasteiger partial charge in [-0.1, -0.05) is 153 Å². The Morgan fingerprint density at radius 1 is 0.703 bits per heavy atom. The normalized spacial score (nSPS) is 12.9. The van der Waals surface area contributed by atoms with E-state index in [1.54, 1.807) is 24.4 Å². The van der Waals surface area contributed by atoms with Crippen LogP contribution < -0.4 is 0 Å². The van der Waals surface area contributed by atoms with Gasteiger partial charge in [0.2, 0.25) is 0 Å². The molecule has 9 aromatic rings. The zero-order valence-electron chi connectivity index (χ0n) is 40.9. The van der Waals surface area contributed by atoms with Gasteiger partial charge >= 0.3 is 0 Å². The third-order valence-corrected chi connectivity index (χ3v) is 11.5. The van der Waals surface area contributed by atoms with Crippen molar-refractivity contribution in [2.24, 2.45) is 0 Å². The van der Waals surface area contributed by atoms with E-state index >= 15 is 0 Å². The van der Waals surface area contributed by atoms with Crippen LogP contribution in [0.1, 0.15) is 113 Å². The quantitative estimate of drug-likeness (QED) is 0.156. The molecule has 9 rings (SSSR count). The third-order valence-electron chi connectivity index (χ3n) is 11.5. The minimum atomic E-state index is -2.33. The molecule has 1 radical (unpaired) electrons. The van der Waals surface area contributed by atoms with E-state index in [0.717, 1.165) is 61.8 Å². The summed E-state index contributed by atoms with van der Waals surface area (Å²) >= 11 is 0. The van der Waals surface area contributed by atoms with Gasteiger partial charge in [-0.15, -0.1) is 42.0 Å². The van der Waals surface area contributed by atoms with Crippen LogP contribution in [0.5, 0.6) is 0 Å². The fourth-order valence-electron chi connectivity index (χ4n) is 7.95. The average Bonchev–Trinajstić information content (AvgIpc) is 3.83. The van der Waals surface area contributed by atoms with E-state index in [1.165, 1.54) is 23.3 Å². The van der Waals surface area contributed by atoms with Gasteiger partial charge in [0.1, 0.15) is 11.4 Å². The van der Waals surface area contributed by atoms with E-state index in [9.17, 15) is 8.78 Å². The van der Waals surface area contributed by atoms with Gasteiger partial charge in [-0.2, -0.15) is 0 Å². The first kappa shape index (κ1) is 42.1. The Labute approximate surface area is 393 Å². The van der Waals surface area contributed by atoms with Crippen LogP contribution in [-0.2, 0) is 30.9 Å². The average molecular weight is 1030 g/mol.